The van der Waals surface area contributed by atoms with E-state index in [0.717, 1.165) is 21.1 Å². The Morgan fingerprint density at radius 3 is 2.67 bits per heavy atom. The standard InChI is InChI=1S/C17H14Cl2N2OS2/c18-12-6-11(7-13(19)8-12)3-4-20-16(22)9-14-10-24-17(21-14)15-2-1-5-23-15/h1-2,5-8,10H,3-4,9H2,(H,20,22). The van der Waals surface area contributed by atoms with Crippen molar-refractivity contribution in [3.05, 3.63) is 62.4 Å². The molecule has 1 amide bonds. The normalized spacial score (nSPS) is 10.8. The molecule has 0 fully saturated rings. The van der Waals surface area contributed by atoms with E-state index in [2.05, 4.69) is 10.3 Å². The average Bonchev–Trinajstić information content (AvgIpc) is 3.16. The smallest absolute Gasteiger partial charge is 0.226 e. The van der Waals surface area contributed by atoms with E-state index in [-0.39, 0.29) is 12.3 Å². The van der Waals surface area contributed by atoms with Gasteiger partial charge in [-0.1, -0.05) is 29.3 Å². The molecule has 0 atom stereocenters. The van der Waals surface area contributed by atoms with Gasteiger partial charge >= 0.3 is 0 Å². The van der Waals surface area contributed by atoms with Crippen LogP contribution in [0.3, 0.4) is 0 Å². The number of benzene rings is 1. The Bertz CT molecular complexity index is 811. The Morgan fingerprint density at radius 1 is 1.17 bits per heavy atom. The largest absolute Gasteiger partial charge is 0.355 e. The summed E-state index contributed by atoms with van der Waals surface area (Å²) in [5.41, 5.74) is 1.80. The predicted octanol–water partition coefficient (Wildman–Crippen LogP) is 5.08. The van der Waals surface area contributed by atoms with Gasteiger partial charge in [0.05, 0.1) is 17.0 Å². The Labute approximate surface area is 158 Å². The second kappa shape index (κ2) is 8.12. The molecule has 2 heterocycles. The Balaban J connectivity index is 1.49. The number of carbonyl (C=O) groups excluding carboxylic acids is 1. The molecule has 0 aliphatic rings. The molecule has 0 spiro atoms. The van der Waals surface area contributed by atoms with Gasteiger partial charge < -0.3 is 5.32 Å². The topological polar surface area (TPSA) is 42.0 Å². The molecule has 7 heteroatoms. The van der Waals surface area contributed by atoms with Crippen molar-refractivity contribution in [1.29, 1.82) is 0 Å². The van der Waals surface area contributed by atoms with Crippen molar-refractivity contribution in [3.63, 3.8) is 0 Å². The van der Waals surface area contributed by atoms with E-state index in [4.69, 9.17) is 23.2 Å². The third-order valence-electron chi connectivity index (χ3n) is 3.28. The van der Waals surface area contributed by atoms with Gasteiger partial charge in [0.1, 0.15) is 5.01 Å². The fourth-order valence-corrected chi connectivity index (χ4v) is 4.44. The van der Waals surface area contributed by atoms with Crippen LogP contribution in [0.1, 0.15) is 11.3 Å². The maximum atomic E-state index is 12.0. The SMILES string of the molecule is O=C(Cc1csc(-c2cccs2)n1)NCCc1cc(Cl)cc(Cl)c1. The summed E-state index contributed by atoms with van der Waals surface area (Å²) in [5, 5.41) is 9.03. The highest BCUT2D eigenvalue weighted by Crippen LogP contribution is 2.27. The van der Waals surface area contributed by atoms with E-state index in [1.165, 1.54) is 0 Å². The van der Waals surface area contributed by atoms with Crippen LogP contribution < -0.4 is 5.32 Å². The van der Waals surface area contributed by atoms with Gasteiger partial charge in [0, 0.05) is 22.0 Å². The fraction of sp³-hybridized carbons (Fsp3) is 0.176. The van der Waals surface area contributed by atoms with Crippen LogP contribution in [-0.4, -0.2) is 17.4 Å². The first-order valence-corrected chi connectivity index (χ1v) is 9.81. The third kappa shape index (κ3) is 4.80. The number of thiophene rings is 1. The van der Waals surface area contributed by atoms with Gasteiger partial charge in [-0.25, -0.2) is 4.98 Å². The first kappa shape index (κ1) is 17.4. The molecule has 0 bridgehead atoms. The first-order valence-electron chi connectivity index (χ1n) is 7.30. The van der Waals surface area contributed by atoms with Crippen molar-refractivity contribution in [2.45, 2.75) is 12.8 Å². The summed E-state index contributed by atoms with van der Waals surface area (Å²) in [5.74, 6) is -0.0360. The average molecular weight is 397 g/mol. The van der Waals surface area contributed by atoms with E-state index in [9.17, 15) is 4.79 Å². The van der Waals surface area contributed by atoms with E-state index in [1.807, 2.05) is 35.0 Å². The summed E-state index contributed by atoms with van der Waals surface area (Å²) in [6.45, 7) is 0.539. The Morgan fingerprint density at radius 2 is 1.96 bits per heavy atom. The molecule has 3 rings (SSSR count). The highest BCUT2D eigenvalue weighted by atomic mass is 35.5. The molecule has 124 valence electrons. The summed E-state index contributed by atoms with van der Waals surface area (Å²) >= 11 is 15.1. The molecule has 0 saturated heterocycles. The van der Waals surface area contributed by atoms with Gasteiger partial charge in [-0.15, -0.1) is 22.7 Å². The number of aromatic nitrogens is 1. The minimum absolute atomic E-state index is 0.0360. The lowest BCUT2D eigenvalue weighted by Crippen LogP contribution is -2.27. The zero-order chi connectivity index (χ0) is 16.9. The lowest BCUT2D eigenvalue weighted by molar-refractivity contribution is -0.120. The third-order valence-corrected chi connectivity index (χ3v) is 5.65. The van der Waals surface area contributed by atoms with Gasteiger partial charge in [0.2, 0.25) is 5.91 Å². The monoisotopic (exact) mass is 396 g/mol. The number of amides is 1. The van der Waals surface area contributed by atoms with Gasteiger partial charge in [-0.05, 0) is 41.6 Å². The number of nitrogens with zero attached hydrogens (tertiary/aromatic N) is 1. The van der Waals surface area contributed by atoms with E-state index in [0.29, 0.717) is 23.0 Å². The molecule has 0 aliphatic carbocycles. The van der Waals surface area contributed by atoms with Crippen LogP contribution in [0.25, 0.3) is 9.88 Å². The van der Waals surface area contributed by atoms with Crippen LogP contribution in [0.5, 0.6) is 0 Å². The number of carbonyl (C=O) groups is 1. The molecule has 1 N–H and O–H groups in total. The molecular weight excluding hydrogens is 383 g/mol. The van der Waals surface area contributed by atoms with Crippen molar-refractivity contribution in [2.24, 2.45) is 0 Å². The van der Waals surface area contributed by atoms with Crippen molar-refractivity contribution in [2.75, 3.05) is 6.54 Å². The van der Waals surface area contributed by atoms with Gasteiger partial charge in [0.25, 0.3) is 0 Å². The van der Waals surface area contributed by atoms with Crippen LogP contribution >= 0.6 is 45.9 Å². The van der Waals surface area contributed by atoms with Crippen LogP contribution in [0.2, 0.25) is 10.0 Å². The maximum Gasteiger partial charge on any atom is 0.226 e. The molecule has 1 aromatic carbocycles. The highest BCUT2D eigenvalue weighted by Gasteiger charge is 2.09. The van der Waals surface area contributed by atoms with Crippen LogP contribution in [-0.2, 0) is 17.6 Å². The van der Waals surface area contributed by atoms with Gasteiger partial charge in [-0.3, -0.25) is 4.79 Å². The molecule has 3 nitrogen and oxygen atoms in total. The summed E-state index contributed by atoms with van der Waals surface area (Å²) in [6, 6.07) is 9.43. The fourth-order valence-electron chi connectivity index (χ4n) is 2.23. The van der Waals surface area contributed by atoms with E-state index >= 15 is 0 Å². The Kier molecular flexibility index (Phi) is 5.89. The molecule has 0 unspecified atom stereocenters. The molecule has 0 aliphatic heterocycles. The number of thiazole rings is 1. The maximum absolute atomic E-state index is 12.0. The second-order valence-corrected chi connectivity index (χ2v) is 7.85. The van der Waals surface area contributed by atoms with Gasteiger partial charge in [-0.2, -0.15) is 0 Å². The number of halogens is 2. The predicted molar refractivity (Wildman–Crippen MR) is 102 cm³/mol. The summed E-state index contributed by atoms with van der Waals surface area (Å²) in [6.07, 6.45) is 0.974. The second-order valence-electron chi connectivity index (χ2n) is 5.18. The van der Waals surface area contributed by atoms with Gasteiger partial charge in [0.15, 0.2) is 0 Å². The molecule has 0 radical (unpaired) electrons. The molecule has 2 aromatic heterocycles. The quantitative estimate of drug-likeness (QED) is 0.630. The number of nitrogens with one attached hydrogen (secondary N) is 1. The lowest BCUT2D eigenvalue weighted by Gasteiger charge is -2.05. The van der Waals surface area contributed by atoms with Crippen LogP contribution in [0.15, 0.2) is 41.1 Å². The Hall–Kier alpha value is -1.40. The van der Waals surface area contributed by atoms with E-state index < -0.39 is 0 Å². The van der Waals surface area contributed by atoms with Crippen molar-refractivity contribution in [1.82, 2.24) is 10.3 Å². The van der Waals surface area contributed by atoms with Crippen molar-refractivity contribution >= 4 is 51.8 Å². The van der Waals surface area contributed by atoms with Crippen molar-refractivity contribution in [3.8, 4) is 9.88 Å². The van der Waals surface area contributed by atoms with Crippen LogP contribution in [0.4, 0.5) is 0 Å². The first-order chi connectivity index (χ1) is 11.6. The number of rotatable bonds is 6. The summed E-state index contributed by atoms with van der Waals surface area (Å²) in [4.78, 5) is 17.7. The zero-order valence-corrected chi connectivity index (χ0v) is 15.7. The highest BCUT2D eigenvalue weighted by molar-refractivity contribution is 7.20. The van der Waals surface area contributed by atoms with E-state index in [1.54, 1.807) is 28.7 Å². The summed E-state index contributed by atoms with van der Waals surface area (Å²) in [7, 11) is 0. The lowest BCUT2D eigenvalue weighted by atomic mass is 10.1. The molecule has 0 saturated carbocycles. The van der Waals surface area contributed by atoms with Crippen LogP contribution in [0, 0.1) is 0 Å². The summed E-state index contributed by atoms with van der Waals surface area (Å²) < 4.78 is 0. The van der Waals surface area contributed by atoms with Crippen molar-refractivity contribution < 1.29 is 4.79 Å². The molecular formula is C17H14Cl2N2OS2. The number of hydrogen-bond acceptors (Lipinski definition) is 4. The zero-order valence-electron chi connectivity index (χ0n) is 12.6. The minimum atomic E-state index is -0.0360. The number of hydrogen-bond donors (Lipinski definition) is 1. The minimum Gasteiger partial charge on any atom is -0.355 e. The molecule has 3 aromatic rings. The molecule has 24 heavy (non-hydrogen) atoms.